The number of nitrogens with zero attached hydrogens (tertiary/aromatic N) is 3. The van der Waals surface area contributed by atoms with Crippen LogP contribution < -0.4 is 9.47 Å². The van der Waals surface area contributed by atoms with Crippen LogP contribution in [0.3, 0.4) is 0 Å². The van der Waals surface area contributed by atoms with Crippen molar-refractivity contribution in [3.05, 3.63) is 72.1 Å². The number of hydrogen-bond donors (Lipinski definition) is 1. The molecule has 1 N–H and O–H groups in total. The molecule has 1 aromatic heterocycles. The molecule has 0 radical (unpaired) electrons. The Kier molecular flexibility index (Phi) is 7.22. The zero-order valence-electron chi connectivity index (χ0n) is 18.7. The van der Waals surface area contributed by atoms with Gasteiger partial charge in [0.05, 0.1) is 32.6 Å². The molecule has 0 atom stereocenters. The smallest absolute Gasteiger partial charge is 0.246 e. The molecule has 1 heterocycles. The molecular formula is C23H29N3O5S. The molecular weight excluding hydrogens is 430 g/mol. The standard InChI is InChI=1S/C23H29N3O5S/c1-23(2,27)17-25-16-22(13-24-25)32(28,29)26(14-18-5-9-20(30-3)10-6-18)15-19-7-11-21(31-4)12-8-19/h5-13,16,27H,14-15,17H2,1-4H3. The van der Waals surface area contributed by atoms with E-state index in [0.29, 0.717) is 11.5 Å². The van der Waals surface area contributed by atoms with Gasteiger partial charge in [0.15, 0.2) is 0 Å². The van der Waals surface area contributed by atoms with E-state index in [9.17, 15) is 13.5 Å². The highest BCUT2D eigenvalue weighted by atomic mass is 32.2. The summed E-state index contributed by atoms with van der Waals surface area (Å²) < 4.78 is 40.3. The second-order valence-electron chi connectivity index (χ2n) is 8.16. The van der Waals surface area contributed by atoms with Gasteiger partial charge in [-0.1, -0.05) is 24.3 Å². The lowest BCUT2D eigenvalue weighted by atomic mass is 10.1. The van der Waals surface area contributed by atoms with Crippen LogP contribution in [0.4, 0.5) is 0 Å². The van der Waals surface area contributed by atoms with Gasteiger partial charge in [0.1, 0.15) is 16.4 Å². The molecule has 0 aliphatic carbocycles. The fraction of sp³-hybridized carbons (Fsp3) is 0.348. The molecule has 0 bridgehead atoms. The zero-order valence-corrected chi connectivity index (χ0v) is 19.5. The van der Waals surface area contributed by atoms with Gasteiger partial charge in [-0.3, -0.25) is 4.68 Å². The van der Waals surface area contributed by atoms with Crippen molar-refractivity contribution in [2.45, 2.75) is 44.0 Å². The minimum atomic E-state index is -3.86. The number of benzene rings is 2. The van der Waals surface area contributed by atoms with Crippen molar-refractivity contribution in [1.82, 2.24) is 14.1 Å². The third kappa shape index (κ3) is 6.09. The lowest BCUT2D eigenvalue weighted by Gasteiger charge is -2.22. The Morgan fingerprint density at radius 2 is 1.41 bits per heavy atom. The second kappa shape index (κ2) is 9.72. The number of sulfonamides is 1. The Morgan fingerprint density at radius 1 is 0.938 bits per heavy atom. The summed E-state index contributed by atoms with van der Waals surface area (Å²) in [6.07, 6.45) is 2.76. The van der Waals surface area contributed by atoms with Crippen molar-refractivity contribution < 1.29 is 23.0 Å². The first-order valence-electron chi connectivity index (χ1n) is 10.1. The second-order valence-corrected chi connectivity index (χ2v) is 10.1. The fourth-order valence-corrected chi connectivity index (χ4v) is 4.58. The monoisotopic (exact) mass is 459 g/mol. The van der Waals surface area contributed by atoms with E-state index in [2.05, 4.69) is 5.10 Å². The van der Waals surface area contributed by atoms with Crippen LogP contribution in [0.2, 0.25) is 0 Å². The Morgan fingerprint density at radius 3 is 1.81 bits per heavy atom. The van der Waals surface area contributed by atoms with Crippen LogP contribution in [0.1, 0.15) is 25.0 Å². The molecule has 8 nitrogen and oxygen atoms in total. The number of aromatic nitrogens is 2. The van der Waals surface area contributed by atoms with Crippen molar-refractivity contribution in [3.63, 3.8) is 0 Å². The molecule has 0 aliphatic rings. The number of rotatable bonds is 10. The summed E-state index contributed by atoms with van der Waals surface area (Å²) in [7, 11) is -0.690. The molecule has 0 spiro atoms. The van der Waals surface area contributed by atoms with Gasteiger partial charge >= 0.3 is 0 Å². The van der Waals surface area contributed by atoms with Crippen LogP contribution in [0.25, 0.3) is 0 Å². The third-order valence-corrected chi connectivity index (χ3v) is 6.58. The van der Waals surface area contributed by atoms with Gasteiger partial charge in [-0.05, 0) is 49.2 Å². The topological polar surface area (TPSA) is 93.9 Å². The van der Waals surface area contributed by atoms with E-state index in [4.69, 9.17) is 9.47 Å². The molecule has 32 heavy (non-hydrogen) atoms. The molecule has 0 amide bonds. The van der Waals surface area contributed by atoms with Gasteiger partial charge in [0.2, 0.25) is 10.0 Å². The highest BCUT2D eigenvalue weighted by Crippen LogP contribution is 2.23. The van der Waals surface area contributed by atoms with Crippen molar-refractivity contribution in [1.29, 1.82) is 0 Å². The molecule has 3 aromatic rings. The number of ether oxygens (including phenoxy) is 2. The molecule has 0 fully saturated rings. The van der Waals surface area contributed by atoms with Crippen molar-refractivity contribution in [2.75, 3.05) is 14.2 Å². The average Bonchev–Trinajstić information content (AvgIpc) is 3.22. The van der Waals surface area contributed by atoms with Gasteiger partial charge in [0.25, 0.3) is 0 Å². The summed E-state index contributed by atoms with van der Waals surface area (Å²) in [4.78, 5) is 0.0729. The van der Waals surface area contributed by atoms with Crippen LogP contribution in [0.5, 0.6) is 11.5 Å². The van der Waals surface area contributed by atoms with E-state index in [-0.39, 0.29) is 24.5 Å². The maximum atomic E-state index is 13.5. The van der Waals surface area contributed by atoms with E-state index in [1.165, 1.54) is 21.4 Å². The zero-order chi connectivity index (χ0) is 23.4. The van der Waals surface area contributed by atoms with Gasteiger partial charge in [-0.25, -0.2) is 8.42 Å². The third-order valence-electron chi connectivity index (χ3n) is 4.83. The summed E-state index contributed by atoms with van der Waals surface area (Å²) in [5.74, 6) is 1.40. The maximum absolute atomic E-state index is 13.5. The number of aliphatic hydroxyl groups is 1. The number of hydrogen-bond acceptors (Lipinski definition) is 6. The predicted molar refractivity (Wildman–Crippen MR) is 121 cm³/mol. The lowest BCUT2D eigenvalue weighted by Crippen LogP contribution is -2.30. The van der Waals surface area contributed by atoms with Crippen molar-refractivity contribution in [3.8, 4) is 11.5 Å². The van der Waals surface area contributed by atoms with E-state index in [0.717, 1.165) is 11.1 Å². The summed E-state index contributed by atoms with van der Waals surface area (Å²) >= 11 is 0. The Balaban J connectivity index is 1.91. The summed E-state index contributed by atoms with van der Waals surface area (Å²) in [5, 5.41) is 14.2. The van der Waals surface area contributed by atoms with E-state index >= 15 is 0 Å². The van der Waals surface area contributed by atoms with E-state index < -0.39 is 15.6 Å². The van der Waals surface area contributed by atoms with Crippen LogP contribution in [0, 0.1) is 0 Å². The first-order valence-corrected chi connectivity index (χ1v) is 11.6. The first-order chi connectivity index (χ1) is 15.1. The Hall–Kier alpha value is -2.88. The Labute approximate surface area is 189 Å². The molecule has 3 rings (SSSR count). The molecule has 2 aromatic carbocycles. The lowest BCUT2D eigenvalue weighted by molar-refractivity contribution is 0.0576. The SMILES string of the molecule is COc1ccc(CN(Cc2ccc(OC)cc2)S(=O)(=O)c2cnn(CC(C)(C)O)c2)cc1. The molecule has 0 aliphatic heterocycles. The minimum Gasteiger partial charge on any atom is -0.497 e. The van der Waals surface area contributed by atoms with Gasteiger partial charge in [-0.2, -0.15) is 9.40 Å². The van der Waals surface area contributed by atoms with Gasteiger partial charge < -0.3 is 14.6 Å². The minimum absolute atomic E-state index is 0.0729. The predicted octanol–water partition coefficient (Wildman–Crippen LogP) is 3.06. The van der Waals surface area contributed by atoms with Crippen LogP contribution in [-0.4, -0.2) is 47.4 Å². The molecule has 0 saturated carbocycles. The molecule has 0 saturated heterocycles. The van der Waals surface area contributed by atoms with Crippen LogP contribution >= 0.6 is 0 Å². The summed E-state index contributed by atoms with van der Waals surface area (Å²) in [5.41, 5.74) is 0.636. The largest absolute Gasteiger partial charge is 0.497 e. The van der Waals surface area contributed by atoms with Gasteiger partial charge in [-0.15, -0.1) is 0 Å². The highest BCUT2D eigenvalue weighted by Gasteiger charge is 2.27. The quantitative estimate of drug-likeness (QED) is 0.501. The van der Waals surface area contributed by atoms with Crippen molar-refractivity contribution >= 4 is 10.0 Å². The van der Waals surface area contributed by atoms with Crippen molar-refractivity contribution in [2.24, 2.45) is 0 Å². The summed E-state index contributed by atoms with van der Waals surface area (Å²) in [6, 6.07) is 14.6. The highest BCUT2D eigenvalue weighted by molar-refractivity contribution is 7.89. The van der Waals surface area contributed by atoms with Gasteiger partial charge in [0, 0.05) is 19.3 Å². The van der Waals surface area contributed by atoms with Crippen LogP contribution in [-0.2, 0) is 29.7 Å². The Bertz CT molecular complexity index is 1070. The maximum Gasteiger partial charge on any atom is 0.246 e. The van der Waals surface area contributed by atoms with E-state index in [1.54, 1.807) is 52.3 Å². The van der Waals surface area contributed by atoms with Crippen LogP contribution in [0.15, 0.2) is 65.8 Å². The molecule has 172 valence electrons. The summed E-state index contributed by atoms with van der Waals surface area (Å²) in [6.45, 7) is 3.81. The fourth-order valence-electron chi connectivity index (χ4n) is 3.20. The van der Waals surface area contributed by atoms with E-state index in [1.807, 2.05) is 24.3 Å². The average molecular weight is 460 g/mol. The normalized spacial score (nSPS) is 12.2. The molecule has 9 heteroatoms. The number of methoxy groups -OCH3 is 2. The molecule has 0 unspecified atom stereocenters. The first kappa shape index (κ1) is 23.8.